The number of carbonyl (C=O) groups excluding carboxylic acids is 1. The lowest BCUT2D eigenvalue weighted by Crippen LogP contribution is -2.27. The van der Waals surface area contributed by atoms with E-state index >= 15 is 0 Å². The summed E-state index contributed by atoms with van der Waals surface area (Å²) in [7, 11) is -0.894. The molecule has 1 N–H and O–H groups in total. The molecule has 0 aliphatic heterocycles. The number of benzene rings is 2. The topological polar surface area (TPSA) is 101 Å². The summed E-state index contributed by atoms with van der Waals surface area (Å²) < 4.78 is 32.4. The average Bonchev–Trinajstić information content (AvgIpc) is 3.19. The maximum Gasteiger partial charge on any atom is 0.264 e. The fraction of sp³-hybridized carbons (Fsp3) is 0.286. The molecule has 1 amide bonds. The van der Waals surface area contributed by atoms with Crippen LogP contribution in [0, 0.1) is 5.92 Å². The number of ether oxygens (including phenoxy) is 1. The molecule has 164 valence electrons. The monoisotopic (exact) mass is 460 g/mol. The van der Waals surface area contributed by atoms with Crippen LogP contribution >= 0.6 is 11.3 Å². The summed E-state index contributed by atoms with van der Waals surface area (Å²) in [6.45, 7) is 4.17. The Hall–Kier alpha value is -2.98. The van der Waals surface area contributed by atoms with Crippen LogP contribution in [0.25, 0.3) is 0 Å². The summed E-state index contributed by atoms with van der Waals surface area (Å²) >= 11 is 1.33. The van der Waals surface area contributed by atoms with Crippen LogP contribution in [0.5, 0.6) is 5.75 Å². The Morgan fingerprint density at radius 3 is 2.45 bits per heavy atom. The number of nitrogens with one attached hydrogen (secondary N) is 1. The van der Waals surface area contributed by atoms with Crippen molar-refractivity contribution in [3.05, 3.63) is 59.1 Å². The van der Waals surface area contributed by atoms with Crippen LogP contribution in [-0.4, -0.2) is 38.7 Å². The Kier molecular flexibility index (Phi) is 6.91. The standard InChI is InChI=1S/C21H24N4O4S2/c1-14(2)13-19-23-24-21(30-19)22-20(26)15-9-11-16(12-10-15)31(27,28)25(3)17-7-5-6-8-18(17)29-4/h5-12,14H,13H2,1-4H3,(H,22,24,26). The van der Waals surface area contributed by atoms with Gasteiger partial charge in [0, 0.05) is 19.0 Å². The molecule has 0 spiro atoms. The third-order valence-corrected chi connectivity index (χ3v) is 7.12. The van der Waals surface area contributed by atoms with E-state index in [1.165, 1.54) is 49.8 Å². The van der Waals surface area contributed by atoms with Crippen LogP contribution in [0.3, 0.4) is 0 Å². The van der Waals surface area contributed by atoms with Crippen LogP contribution in [0.1, 0.15) is 29.2 Å². The highest BCUT2D eigenvalue weighted by Gasteiger charge is 2.24. The van der Waals surface area contributed by atoms with E-state index in [0.29, 0.717) is 28.0 Å². The Bertz CT molecular complexity index is 1160. The second kappa shape index (κ2) is 9.44. The van der Waals surface area contributed by atoms with Crippen LogP contribution in [0.2, 0.25) is 0 Å². The summed E-state index contributed by atoms with van der Waals surface area (Å²) in [5.41, 5.74) is 0.736. The zero-order valence-corrected chi connectivity index (χ0v) is 19.3. The summed E-state index contributed by atoms with van der Waals surface area (Å²) in [5, 5.41) is 12.0. The molecule has 1 aromatic heterocycles. The number of hydrogen-bond donors (Lipinski definition) is 1. The number of aromatic nitrogens is 2. The quantitative estimate of drug-likeness (QED) is 0.548. The minimum Gasteiger partial charge on any atom is -0.495 e. The highest BCUT2D eigenvalue weighted by atomic mass is 32.2. The van der Waals surface area contributed by atoms with Gasteiger partial charge < -0.3 is 4.74 Å². The molecule has 0 radical (unpaired) electrons. The van der Waals surface area contributed by atoms with Gasteiger partial charge in [-0.15, -0.1) is 10.2 Å². The van der Waals surface area contributed by atoms with E-state index in [2.05, 4.69) is 29.4 Å². The molecule has 2 aromatic carbocycles. The summed E-state index contributed by atoms with van der Waals surface area (Å²) in [6.07, 6.45) is 0.791. The maximum atomic E-state index is 13.0. The van der Waals surface area contributed by atoms with Crippen LogP contribution < -0.4 is 14.4 Å². The zero-order chi connectivity index (χ0) is 22.6. The van der Waals surface area contributed by atoms with Crippen molar-refractivity contribution in [3.63, 3.8) is 0 Å². The summed E-state index contributed by atoms with van der Waals surface area (Å²) in [6, 6.07) is 12.6. The van der Waals surface area contributed by atoms with E-state index in [0.717, 1.165) is 15.7 Å². The number of carbonyl (C=O) groups is 1. The fourth-order valence-corrected chi connectivity index (χ4v) is 5.01. The second-order valence-electron chi connectivity index (χ2n) is 7.22. The number of methoxy groups -OCH3 is 1. The molecule has 3 rings (SSSR count). The number of sulfonamides is 1. The Balaban J connectivity index is 1.75. The number of rotatable bonds is 8. The molecule has 0 aliphatic carbocycles. The molecule has 0 aliphatic rings. The molecule has 0 atom stereocenters. The van der Waals surface area contributed by atoms with Crippen LogP contribution in [0.4, 0.5) is 10.8 Å². The van der Waals surface area contributed by atoms with Gasteiger partial charge in [-0.2, -0.15) is 0 Å². The van der Waals surface area contributed by atoms with Gasteiger partial charge in [0.1, 0.15) is 10.8 Å². The lowest BCUT2D eigenvalue weighted by atomic mass is 10.1. The van der Waals surface area contributed by atoms with Gasteiger partial charge in [-0.25, -0.2) is 8.42 Å². The first kappa shape index (κ1) is 22.7. The van der Waals surface area contributed by atoms with Crippen molar-refractivity contribution in [2.24, 2.45) is 5.92 Å². The smallest absolute Gasteiger partial charge is 0.264 e. The zero-order valence-electron chi connectivity index (χ0n) is 17.7. The lowest BCUT2D eigenvalue weighted by Gasteiger charge is -2.21. The highest BCUT2D eigenvalue weighted by Crippen LogP contribution is 2.31. The molecule has 0 saturated heterocycles. The first-order valence-electron chi connectivity index (χ1n) is 9.58. The second-order valence-corrected chi connectivity index (χ2v) is 10.3. The third kappa shape index (κ3) is 5.20. The molecular formula is C21H24N4O4S2. The van der Waals surface area contributed by atoms with E-state index in [1.54, 1.807) is 24.3 Å². The normalized spacial score (nSPS) is 11.4. The number of amides is 1. The molecule has 1 heterocycles. The van der Waals surface area contributed by atoms with Gasteiger partial charge in [0.2, 0.25) is 5.13 Å². The molecule has 0 unspecified atom stereocenters. The average molecular weight is 461 g/mol. The van der Waals surface area contributed by atoms with Gasteiger partial charge >= 0.3 is 0 Å². The van der Waals surface area contributed by atoms with Crippen molar-refractivity contribution in [1.29, 1.82) is 0 Å². The number of anilines is 2. The molecular weight excluding hydrogens is 436 g/mol. The van der Waals surface area contributed by atoms with Crippen LogP contribution in [-0.2, 0) is 16.4 Å². The highest BCUT2D eigenvalue weighted by molar-refractivity contribution is 7.92. The van der Waals surface area contributed by atoms with Gasteiger partial charge in [0.25, 0.3) is 15.9 Å². The van der Waals surface area contributed by atoms with Gasteiger partial charge in [-0.3, -0.25) is 14.4 Å². The largest absolute Gasteiger partial charge is 0.495 e. The molecule has 0 fully saturated rings. The van der Waals surface area contributed by atoms with E-state index in [9.17, 15) is 13.2 Å². The van der Waals surface area contributed by atoms with Crippen molar-refractivity contribution in [2.75, 3.05) is 23.8 Å². The molecule has 10 heteroatoms. The SMILES string of the molecule is COc1ccccc1N(C)S(=O)(=O)c1ccc(C(=O)Nc2nnc(CC(C)C)s2)cc1. The number of nitrogens with zero attached hydrogens (tertiary/aromatic N) is 3. The van der Waals surface area contributed by atoms with E-state index in [-0.39, 0.29) is 10.8 Å². The molecule has 3 aromatic rings. The summed E-state index contributed by atoms with van der Waals surface area (Å²) in [4.78, 5) is 12.6. The maximum absolute atomic E-state index is 13.0. The van der Waals surface area contributed by atoms with E-state index < -0.39 is 10.0 Å². The lowest BCUT2D eigenvalue weighted by molar-refractivity contribution is 0.102. The first-order valence-corrected chi connectivity index (χ1v) is 11.8. The number of hydrogen-bond acceptors (Lipinski definition) is 7. The molecule has 0 saturated carbocycles. The molecule has 31 heavy (non-hydrogen) atoms. The van der Waals surface area contributed by atoms with Crippen molar-refractivity contribution in [3.8, 4) is 5.75 Å². The van der Waals surface area contributed by atoms with E-state index in [4.69, 9.17) is 4.74 Å². The van der Waals surface area contributed by atoms with Crippen molar-refractivity contribution in [2.45, 2.75) is 25.2 Å². The number of para-hydroxylation sites is 2. The Morgan fingerprint density at radius 1 is 1.13 bits per heavy atom. The van der Waals surface area contributed by atoms with Gasteiger partial charge in [-0.05, 0) is 42.3 Å². The minimum absolute atomic E-state index is 0.0626. The van der Waals surface area contributed by atoms with Crippen molar-refractivity contribution < 1.29 is 17.9 Å². The predicted octanol–water partition coefficient (Wildman–Crippen LogP) is 3.82. The fourth-order valence-electron chi connectivity index (χ4n) is 2.86. The van der Waals surface area contributed by atoms with Gasteiger partial charge in [0.15, 0.2) is 0 Å². The Morgan fingerprint density at radius 2 is 1.81 bits per heavy atom. The van der Waals surface area contributed by atoms with Gasteiger partial charge in [-0.1, -0.05) is 37.3 Å². The predicted molar refractivity (Wildman–Crippen MR) is 121 cm³/mol. The van der Waals surface area contributed by atoms with Crippen LogP contribution in [0.15, 0.2) is 53.4 Å². The summed E-state index contributed by atoms with van der Waals surface area (Å²) in [5.74, 6) is 0.507. The van der Waals surface area contributed by atoms with Crippen molar-refractivity contribution in [1.82, 2.24) is 10.2 Å². The van der Waals surface area contributed by atoms with Crippen molar-refractivity contribution >= 4 is 38.1 Å². The minimum atomic E-state index is -3.83. The Labute approximate surface area is 185 Å². The molecule has 8 nitrogen and oxygen atoms in total. The molecule has 0 bridgehead atoms. The van der Waals surface area contributed by atoms with E-state index in [1.807, 2.05) is 0 Å². The first-order chi connectivity index (χ1) is 14.7. The third-order valence-electron chi connectivity index (χ3n) is 4.47. The van der Waals surface area contributed by atoms with Gasteiger partial charge in [0.05, 0.1) is 17.7 Å².